The maximum Gasteiger partial charge on any atom is 0.0732 e. The molecule has 0 amide bonds. The molecular formula is C16H24N2S. The van der Waals surface area contributed by atoms with Crippen LogP contribution in [0.25, 0.3) is 10.9 Å². The lowest BCUT2D eigenvalue weighted by Gasteiger charge is -2.03. The van der Waals surface area contributed by atoms with Crippen molar-refractivity contribution >= 4 is 22.7 Å². The first kappa shape index (κ1) is 14.5. The van der Waals surface area contributed by atoms with Crippen molar-refractivity contribution in [1.82, 2.24) is 10.3 Å². The maximum absolute atomic E-state index is 3.51. The minimum Gasteiger partial charge on any atom is -0.350 e. The third-order valence-electron chi connectivity index (χ3n) is 3.25. The number of aromatic nitrogens is 1. The quantitative estimate of drug-likeness (QED) is 0.524. The van der Waals surface area contributed by atoms with Crippen LogP contribution < -0.4 is 5.32 Å². The summed E-state index contributed by atoms with van der Waals surface area (Å²) in [7, 11) is 0. The number of hydrogen-bond donors (Lipinski definition) is 2. The van der Waals surface area contributed by atoms with Gasteiger partial charge in [-0.15, -0.1) is 11.8 Å². The molecule has 0 fully saturated rings. The van der Waals surface area contributed by atoms with Crippen molar-refractivity contribution in [3.63, 3.8) is 0 Å². The van der Waals surface area contributed by atoms with Gasteiger partial charge in [0.25, 0.3) is 0 Å². The van der Waals surface area contributed by atoms with E-state index >= 15 is 0 Å². The highest BCUT2D eigenvalue weighted by atomic mass is 32.2. The van der Waals surface area contributed by atoms with E-state index in [9.17, 15) is 0 Å². The first-order chi connectivity index (χ1) is 9.40. The summed E-state index contributed by atoms with van der Waals surface area (Å²) in [6.45, 7) is 4.50. The van der Waals surface area contributed by atoms with Crippen LogP contribution in [0.15, 0.2) is 35.4 Å². The largest absolute Gasteiger partial charge is 0.350 e. The van der Waals surface area contributed by atoms with Gasteiger partial charge in [0.05, 0.1) is 5.03 Å². The Morgan fingerprint density at radius 2 is 2.00 bits per heavy atom. The van der Waals surface area contributed by atoms with Crippen molar-refractivity contribution in [3.8, 4) is 0 Å². The average Bonchev–Trinajstić information content (AvgIpc) is 2.84. The van der Waals surface area contributed by atoms with E-state index in [4.69, 9.17) is 0 Å². The van der Waals surface area contributed by atoms with Gasteiger partial charge in [-0.1, -0.05) is 44.4 Å². The Morgan fingerprint density at radius 3 is 2.84 bits per heavy atom. The van der Waals surface area contributed by atoms with Crippen molar-refractivity contribution in [2.75, 3.05) is 18.8 Å². The smallest absolute Gasteiger partial charge is 0.0732 e. The van der Waals surface area contributed by atoms with E-state index in [1.807, 2.05) is 11.8 Å². The van der Waals surface area contributed by atoms with Crippen molar-refractivity contribution in [1.29, 1.82) is 0 Å². The number of benzene rings is 1. The Hall–Kier alpha value is -0.930. The molecule has 104 valence electrons. The lowest BCUT2D eigenvalue weighted by atomic mass is 10.2. The van der Waals surface area contributed by atoms with Gasteiger partial charge in [0, 0.05) is 23.2 Å². The average molecular weight is 276 g/mol. The van der Waals surface area contributed by atoms with Crippen molar-refractivity contribution in [2.24, 2.45) is 0 Å². The molecule has 0 aliphatic carbocycles. The lowest BCUT2D eigenvalue weighted by molar-refractivity contribution is 0.613. The fraction of sp³-hybridized carbons (Fsp3) is 0.500. The maximum atomic E-state index is 3.51. The summed E-state index contributed by atoms with van der Waals surface area (Å²) in [5.41, 5.74) is 1.23. The normalized spacial score (nSPS) is 11.2. The fourth-order valence-electron chi connectivity index (χ4n) is 2.16. The first-order valence-electron chi connectivity index (χ1n) is 7.31. The summed E-state index contributed by atoms with van der Waals surface area (Å²) >= 11 is 1.90. The highest BCUT2D eigenvalue weighted by Crippen LogP contribution is 2.22. The molecule has 0 spiro atoms. The highest BCUT2D eigenvalue weighted by Gasteiger charge is 1.99. The van der Waals surface area contributed by atoms with E-state index < -0.39 is 0 Å². The first-order valence-corrected chi connectivity index (χ1v) is 8.30. The van der Waals surface area contributed by atoms with Crippen molar-refractivity contribution < 1.29 is 0 Å². The van der Waals surface area contributed by atoms with Crippen LogP contribution in [-0.2, 0) is 0 Å². The molecule has 0 saturated heterocycles. The second-order valence-corrected chi connectivity index (χ2v) is 6.02. The van der Waals surface area contributed by atoms with Gasteiger partial charge in [-0.25, -0.2) is 0 Å². The number of para-hydroxylation sites is 1. The molecule has 19 heavy (non-hydrogen) atoms. The number of rotatable bonds is 9. The zero-order valence-corrected chi connectivity index (χ0v) is 12.6. The Labute approximate surface area is 120 Å². The standard InChI is InChI=1S/C16H24N2S/c1-2-3-4-7-10-17-11-12-19-16-13-14-8-5-6-9-15(14)18-16/h5-6,8-9,13,17-18H,2-4,7,10-12H2,1H3. The lowest BCUT2D eigenvalue weighted by Crippen LogP contribution is -2.18. The molecule has 0 aliphatic rings. The molecule has 0 saturated carbocycles. The van der Waals surface area contributed by atoms with E-state index in [2.05, 4.69) is 47.6 Å². The van der Waals surface area contributed by atoms with E-state index in [-0.39, 0.29) is 0 Å². The summed E-state index contributed by atoms with van der Waals surface area (Å²) in [5.74, 6) is 1.13. The van der Waals surface area contributed by atoms with Crippen LogP contribution in [0, 0.1) is 0 Å². The van der Waals surface area contributed by atoms with Gasteiger partial charge in [0.15, 0.2) is 0 Å². The summed E-state index contributed by atoms with van der Waals surface area (Å²) in [4.78, 5) is 3.45. The molecular weight excluding hydrogens is 252 g/mol. The van der Waals surface area contributed by atoms with E-state index in [0.29, 0.717) is 0 Å². The Balaban J connectivity index is 1.60. The molecule has 1 aromatic carbocycles. The van der Waals surface area contributed by atoms with Crippen LogP contribution in [0.1, 0.15) is 32.6 Å². The molecule has 0 aliphatic heterocycles. The van der Waals surface area contributed by atoms with Crippen LogP contribution in [-0.4, -0.2) is 23.8 Å². The number of unbranched alkanes of at least 4 members (excludes halogenated alkanes) is 3. The number of thioether (sulfide) groups is 1. The molecule has 0 bridgehead atoms. The number of nitrogens with one attached hydrogen (secondary N) is 2. The molecule has 1 heterocycles. The molecule has 2 nitrogen and oxygen atoms in total. The van der Waals surface area contributed by atoms with Crippen LogP contribution in [0.4, 0.5) is 0 Å². The Morgan fingerprint density at radius 1 is 1.11 bits per heavy atom. The van der Waals surface area contributed by atoms with Crippen molar-refractivity contribution in [2.45, 2.75) is 37.6 Å². The van der Waals surface area contributed by atoms with Gasteiger partial charge < -0.3 is 10.3 Å². The highest BCUT2D eigenvalue weighted by molar-refractivity contribution is 7.99. The molecule has 1 aromatic heterocycles. The molecule has 2 rings (SSSR count). The van der Waals surface area contributed by atoms with Crippen LogP contribution in [0.5, 0.6) is 0 Å². The minimum atomic E-state index is 1.09. The van der Waals surface area contributed by atoms with Gasteiger partial charge >= 0.3 is 0 Å². The minimum absolute atomic E-state index is 1.09. The summed E-state index contributed by atoms with van der Waals surface area (Å²) in [5, 5.41) is 6.09. The number of H-pyrrole nitrogens is 1. The zero-order chi connectivity index (χ0) is 13.3. The Bertz CT molecular complexity index is 445. The fourth-order valence-corrected chi connectivity index (χ4v) is 3.02. The second kappa shape index (κ2) is 8.28. The van der Waals surface area contributed by atoms with Gasteiger partial charge in [0.1, 0.15) is 0 Å². The van der Waals surface area contributed by atoms with Gasteiger partial charge in [-0.05, 0) is 25.1 Å². The number of fused-ring (bicyclic) bond motifs is 1. The van der Waals surface area contributed by atoms with Crippen LogP contribution >= 0.6 is 11.8 Å². The van der Waals surface area contributed by atoms with Crippen LogP contribution in [0.3, 0.4) is 0 Å². The summed E-state index contributed by atoms with van der Waals surface area (Å²) in [6, 6.07) is 10.7. The van der Waals surface area contributed by atoms with Crippen LogP contribution in [0.2, 0.25) is 0 Å². The topological polar surface area (TPSA) is 27.8 Å². The molecule has 3 heteroatoms. The van der Waals surface area contributed by atoms with Gasteiger partial charge in [-0.3, -0.25) is 0 Å². The van der Waals surface area contributed by atoms with E-state index in [0.717, 1.165) is 18.8 Å². The second-order valence-electron chi connectivity index (χ2n) is 4.88. The third-order valence-corrected chi connectivity index (χ3v) is 4.19. The van der Waals surface area contributed by atoms with E-state index in [1.54, 1.807) is 0 Å². The summed E-state index contributed by atoms with van der Waals surface area (Å²) in [6.07, 6.45) is 5.35. The Kier molecular flexibility index (Phi) is 6.31. The predicted octanol–water partition coefficient (Wildman–Crippen LogP) is 4.43. The SMILES string of the molecule is CCCCCCNCCSc1cc2ccccc2[nH]1. The van der Waals surface area contributed by atoms with Gasteiger partial charge in [0.2, 0.25) is 0 Å². The van der Waals surface area contributed by atoms with Gasteiger partial charge in [-0.2, -0.15) is 0 Å². The summed E-state index contributed by atoms with van der Waals surface area (Å²) < 4.78 is 0. The monoisotopic (exact) mass is 276 g/mol. The molecule has 2 aromatic rings. The predicted molar refractivity (Wildman–Crippen MR) is 86.0 cm³/mol. The molecule has 0 unspecified atom stereocenters. The third kappa shape index (κ3) is 4.92. The van der Waals surface area contributed by atoms with E-state index in [1.165, 1.54) is 41.6 Å². The molecule has 2 N–H and O–H groups in total. The van der Waals surface area contributed by atoms with Crippen molar-refractivity contribution in [3.05, 3.63) is 30.3 Å². The molecule has 0 atom stereocenters. The molecule has 0 radical (unpaired) electrons. The number of hydrogen-bond acceptors (Lipinski definition) is 2. The zero-order valence-electron chi connectivity index (χ0n) is 11.7. The number of aromatic amines is 1.